The Kier molecular flexibility index (Phi) is 4.45. The van der Waals surface area contributed by atoms with Crippen LogP contribution in [0.3, 0.4) is 0 Å². The van der Waals surface area contributed by atoms with Gasteiger partial charge in [0.1, 0.15) is 11.5 Å². The third-order valence-electron chi connectivity index (χ3n) is 4.58. The summed E-state index contributed by atoms with van der Waals surface area (Å²) in [5.74, 6) is 2.69. The first-order valence-corrected chi connectivity index (χ1v) is 8.23. The molecule has 1 aliphatic rings. The van der Waals surface area contributed by atoms with Crippen LogP contribution in [-0.4, -0.2) is 6.54 Å². The molecule has 0 radical (unpaired) electrons. The lowest BCUT2D eigenvalue weighted by atomic mass is 9.78. The number of likely N-dealkylation sites (N-methyl/N-ethyl adjacent to an activating group) is 1. The Morgan fingerprint density at radius 3 is 2.81 bits per heavy atom. The van der Waals surface area contributed by atoms with E-state index in [0.29, 0.717) is 5.92 Å². The molecule has 0 amide bonds. The highest BCUT2D eigenvalue weighted by molar-refractivity contribution is 5.35. The van der Waals surface area contributed by atoms with Crippen LogP contribution in [0.15, 0.2) is 40.8 Å². The van der Waals surface area contributed by atoms with Gasteiger partial charge in [0.2, 0.25) is 0 Å². The van der Waals surface area contributed by atoms with Crippen LogP contribution >= 0.6 is 0 Å². The summed E-state index contributed by atoms with van der Waals surface area (Å²) < 4.78 is 6.05. The highest BCUT2D eigenvalue weighted by Crippen LogP contribution is 2.40. The first-order valence-electron chi connectivity index (χ1n) is 8.23. The van der Waals surface area contributed by atoms with Gasteiger partial charge in [-0.05, 0) is 49.1 Å². The van der Waals surface area contributed by atoms with Gasteiger partial charge in [0.25, 0.3) is 0 Å². The lowest BCUT2D eigenvalue weighted by Gasteiger charge is -2.32. The summed E-state index contributed by atoms with van der Waals surface area (Å²) >= 11 is 0. The van der Waals surface area contributed by atoms with E-state index in [-0.39, 0.29) is 6.04 Å². The lowest BCUT2D eigenvalue weighted by molar-refractivity contribution is 0.337. The molecular weight excluding hydrogens is 258 g/mol. The molecule has 1 aromatic carbocycles. The maximum Gasteiger partial charge on any atom is 0.121 e. The van der Waals surface area contributed by atoms with Gasteiger partial charge >= 0.3 is 0 Å². The number of nitrogens with one attached hydrogen (secondary N) is 1. The molecule has 0 spiro atoms. The maximum atomic E-state index is 6.05. The number of benzene rings is 1. The van der Waals surface area contributed by atoms with Crippen LogP contribution in [0, 0.1) is 0 Å². The summed E-state index contributed by atoms with van der Waals surface area (Å²) in [7, 11) is 0. The van der Waals surface area contributed by atoms with Crippen LogP contribution in [0.1, 0.15) is 61.3 Å². The number of fused-ring (bicyclic) bond motifs is 1. The number of rotatable bonds is 5. The molecule has 112 valence electrons. The van der Waals surface area contributed by atoms with Gasteiger partial charge < -0.3 is 9.73 Å². The molecule has 2 atom stereocenters. The molecule has 0 saturated heterocycles. The molecule has 2 unspecified atom stereocenters. The van der Waals surface area contributed by atoms with E-state index in [1.165, 1.54) is 30.4 Å². The molecular formula is C19H25NO. The molecule has 2 heteroatoms. The average Bonchev–Trinajstić information content (AvgIpc) is 3.01. The number of aryl methyl sites for hydroxylation is 2. The van der Waals surface area contributed by atoms with Crippen molar-refractivity contribution in [2.45, 2.75) is 51.5 Å². The molecule has 1 aliphatic carbocycles. The van der Waals surface area contributed by atoms with Crippen molar-refractivity contribution in [3.8, 4) is 0 Å². The van der Waals surface area contributed by atoms with Gasteiger partial charge in [-0.1, -0.05) is 38.1 Å². The van der Waals surface area contributed by atoms with Gasteiger partial charge in [-0.3, -0.25) is 0 Å². The summed E-state index contributed by atoms with van der Waals surface area (Å²) in [6, 6.07) is 13.5. The third-order valence-corrected chi connectivity index (χ3v) is 4.58. The van der Waals surface area contributed by atoms with E-state index >= 15 is 0 Å². The molecule has 0 bridgehead atoms. The number of hydrogen-bond acceptors (Lipinski definition) is 2. The SMILES string of the molecule is CCNC(c1ccc(CC)o1)C1CCCc2ccccc21. The van der Waals surface area contributed by atoms with Gasteiger partial charge in [0, 0.05) is 12.3 Å². The van der Waals surface area contributed by atoms with Crippen molar-refractivity contribution in [1.82, 2.24) is 5.32 Å². The van der Waals surface area contributed by atoms with Crippen molar-refractivity contribution in [3.63, 3.8) is 0 Å². The van der Waals surface area contributed by atoms with Crippen LogP contribution < -0.4 is 5.32 Å². The normalized spacial score (nSPS) is 19.2. The van der Waals surface area contributed by atoms with Gasteiger partial charge in [0.05, 0.1) is 6.04 Å². The minimum Gasteiger partial charge on any atom is -0.464 e. The standard InChI is InChI=1S/C19H25NO/c1-3-15-12-13-18(21-15)19(20-4-2)17-11-7-9-14-8-5-6-10-16(14)17/h5-6,8,10,12-13,17,19-20H,3-4,7,9,11H2,1-2H3. The lowest BCUT2D eigenvalue weighted by Crippen LogP contribution is -2.29. The van der Waals surface area contributed by atoms with Crippen molar-refractivity contribution in [1.29, 1.82) is 0 Å². The average molecular weight is 283 g/mol. The Balaban J connectivity index is 1.94. The van der Waals surface area contributed by atoms with E-state index in [2.05, 4.69) is 55.6 Å². The predicted octanol–water partition coefficient (Wildman–Crippen LogP) is 4.61. The minimum atomic E-state index is 0.289. The highest BCUT2D eigenvalue weighted by atomic mass is 16.3. The van der Waals surface area contributed by atoms with Gasteiger partial charge in [-0.15, -0.1) is 0 Å². The van der Waals surface area contributed by atoms with E-state index in [9.17, 15) is 0 Å². The van der Waals surface area contributed by atoms with Gasteiger partial charge in [-0.2, -0.15) is 0 Å². The molecule has 1 aromatic heterocycles. The summed E-state index contributed by atoms with van der Waals surface area (Å²) in [5, 5.41) is 3.65. The fourth-order valence-electron chi connectivity index (χ4n) is 3.55. The van der Waals surface area contributed by atoms with E-state index in [0.717, 1.165) is 24.5 Å². The van der Waals surface area contributed by atoms with Crippen LogP contribution in [0.25, 0.3) is 0 Å². The molecule has 21 heavy (non-hydrogen) atoms. The molecule has 0 aliphatic heterocycles. The zero-order chi connectivity index (χ0) is 14.7. The predicted molar refractivity (Wildman–Crippen MR) is 86.6 cm³/mol. The minimum absolute atomic E-state index is 0.289. The molecule has 2 nitrogen and oxygen atoms in total. The Labute approximate surface area is 127 Å². The second-order valence-corrected chi connectivity index (χ2v) is 5.89. The molecule has 2 aromatic rings. The van der Waals surface area contributed by atoms with Crippen molar-refractivity contribution >= 4 is 0 Å². The van der Waals surface area contributed by atoms with Crippen molar-refractivity contribution in [2.24, 2.45) is 0 Å². The van der Waals surface area contributed by atoms with Gasteiger partial charge in [0.15, 0.2) is 0 Å². The first-order chi connectivity index (χ1) is 10.3. The topological polar surface area (TPSA) is 25.2 Å². The molecule has 0 saturated carbocycles. The Morgan fingerprint density at radius 2 is 2.05 bits per heavy atom. The largest absolute Gasteiger partial charge is 0.464 e. The second kappa shape index (κ2) is 6.48. The highest BCUT2D eigenvalue weighted by Gasteiger charge is 2.30. The quantitative estimate of drug-likeness (QED) is 0.866. The van der Waals surface area contributed by atoms with Gasteiger partial charge in [-0.25, -0.2) is 0 Å². The van der Waals surface area contributed by atoms with Crippen LogP contribution in [-0.2, 0) is 12.8 Å². The monoisotopic (exact) mass is 283 g/mol. The fraction of sp³-hybridized carbons (Fsp3) is 0.474. The zero-order valence-electron chi connectivity index (χ0n) is 13.1. The zero-order valence-corrected chi connectivity index (χ0v) is 13.1. The van der Waals surface area contributed by atoms with Crippen LogP contribution in [0.2, 0.25) is 0 Å². The van der Waals surface area contributed by atoms with E-state index in [4.69, 9.17) is 4.42 Å². The molecule has 3 rings (SSSR count). The van der Waals surface area contributed by atoms with Crippen molar-refractivity contribution < 1.29 is 4.42 Å². The Hall–Kier alpha value is -1.54. The summed E-state index contributed by atoms with van der Waals surface area (Å²) in [6.45, 7) is 5.28. The van der Waals surface area contributed by atoms with E-state index in [1.54, 1.807) is 0 Å². The fourth-order valence-corrected chi connectivity index (χ4v) is 3.55. The van der Waals surface area contributed by atoms with Crippen molar-refractivity contribution in [3.05, 3.63) is 59.0 Å². The van der Waals surface area contributed by atoms with Crippen molar-refractivity contribution in [2.75, 3.05) is 6.54 Å². The number of furan rings is 1. The van der Waals surface area contributed by atoms with E-state index < -0.39 is 0 Å². The Bertz CT molecular complexity index is 587. The first kappa shape index (κ1) is 14.4. The third kappa shape index (κ3) is 2.91. The molecule has 1 N–H and O–H groups in total. The summed E-state index contributed by atoms with van der Waals surface area (Å²) in [5.41, 5.74) is 3.02. The Morgan fingerprint density at radius 1 is 1.19 bits per heavy atom. The molecule has 1 heterocycles. The summed E-state index contributed by atoms with van der Waals surface area (Å²) in [4.78, 5) is 0. The van der Waals surface area contributed by atoms with Crippen LogP contribution in [0.4, 0.5) is 0 Å². The summed E-state index contributed by atoms with van der Waals surface area (Å²) in [6.07, 6.45) is 4.67. The maximum absolute atomic E-state index is 6.05. The van der Waals surface area contributed by atoms with E-state index in [1.807, 2.05) is 0 Å². The second-order valence-electron chi connectivity index (χ2n) is 5.89. The number of hydrogen-bond donors (Lipinski definition) is 1. The molecule has 0 fully saturated rings. The van der Waals surface area contributed by atoms with Crippen LogP contribution in [0.5, 0.6) is 0 Å². The smallest absolute Gasteiger partial charge is 0.121 e.